The molecule has 24 heavy (non-hydrogen) atoms. The third kappa shape index (κ3) is 2.83. The van der Waals surface area contributed by atoms with Crippen LogP contribution in [0.5, 0.6) is 0 Å². The first kappa shape index (κ1) is 15.4. The van der Waals surface area contributed by atoms with E-state index in [9.17, 15) is 10.1 Å². The van der Waals surface area contributed by atoms with E-state index in [1.54, 1.807) is 6.07 Å². The van der Waals surface area contributed by atoms with Gasteiger partial charge < -0.3 is 10.2 Å². The number of thiophene rings is 1. The molecule has 1 atom stereocenters. The van der Waals surface area contributed by atoms with Gasteiger partial charge in [-0.15, -0.1) is 11.3 Å². The first-order valence-electron chi connectivity index (χ1n) is 8.37. The van der Waals surface area contributed by atoms with Gasteiger partial charge in [0.2, 0.25) is 0 Å². The predicted molar refractivity (Wildman–Crippen MR) is 94.9 cm³/mol. The maximum absolute atomic E-state index is 12.7. The van der Waals surface area contributed by atoms with E-state index in [0.29, 0.717) is 16.4 Å². The Morgan fingerprint density at radius 2 is 2.00 bits per heavy atom. The van der Waals surface area contributed by atoms with Crippen LogP contribution in [0, 0.1) is 17.2 Å². The Morgan fingerprint density at radius 1 is 1.25 bits per heavy atom. The lowest BCUT2D eigenvalue weighted by molar-refractivity contribution is 0.0622. The van der Waals surface area contributed by atoms with Crippen LogP contribution in [0.3, 0.4) is 0 Å². The fourth-order valence-electron chi connectivity index (χ4n) is 3.76. The van der Waals surface area contributed by atoms with Crippen LogP contribution in [-0.2, 0) is 0 Å². The summed E-state index contributed by atoms with van der Waals surface area (Å²) in [6.45, 7) is 3.28. The molecule has 1 aromatic carbocycles. The molecule has 0 aliphatic carbocycles. The van der Waals surface area contributed by atoms with E-state index < -0.39 is 0 Å². The molecule has 0 radical (unpaired) electrons. The van der Waals surface area contributed by atoms with E-state index in [2.05, 4.69) is 16.3 Å². The first-order chi connectivity index (χ1) is 11.7. The minimum absolute atomic E-state index is 0.0440. The van der Waals surface area contributed by atoms with Crippen LogP contribution in [0.1, 0.15) is 28.1 Å². The van der Waals surface area contributed by atoms with E-state index in [1.165, 1.54) is 24.2 Å². The number of rotatable bonds is 3. The van der Waals surface area contributed by atoms with Crippen molar-refractivity contribution in [1.29, 1.82) is 5.26 Å². The highest BCUT2D eigenvalue weighted by Gasteiger charge is 2.35. The smallest absolute Gasteiger partial charge is 0.261 e. The molecule has 0 saturated carbocycles. The highest BCUT2D eigenvalue weighted by molar-refractivity contribution is 7.17. The van der Waals surface area contributed by atoms with E-state index in [4.69, 9.17) is 0 Å². The topological polar surface area (TPSA) is 56.1 Å². The molecule has 2 aromatic rings. The lowest BCUT2D eigenvalue weighted by Gasteiger charge is -2.44. The minimum atomic E-state index is -0.0440. The second-order valence-corrected chi connectivity index (χ2v) is 7.60. The molecule has 2 bridgehead atoms. The van der Waals surface area contributed by atoms with Crippen LogP contribution in [0.25, 0.3) is 10.4 Å². The number of benzene rings is 1. The monoisotopic (exact) mass is 337 g/mol. The average Bonchev–Trinajstić information content (AvgIpc) is 3.08. The van der Waals surface area contributed by atoms with Gasteiger partial charge in [-0.05, 0) is 43.5 Å². The SMILES string of the molecule is N#Cc1cc(C(=O)N[C@H]2CN3CCC2CC3)sc1-c1ccccc1. The van der Waals surface area contributed by atoms with Crippen molar-refractivity contribution in [2.75, 3.05) is 19.6 Å². The normalized spacial score (nSPS) is 25.2. The van der Waals surface area contributed by atoms with E-state index >= 15 is 0 Å². The lowest BCUT2D eigenvalue weighted by Crippen LogP contribution is -2.57. The van der Waals surface area contributed by atoms with Crippen LogP contribution in [-0.4, -0.2) is 36.5 Å². The van der Waals surface area contributed by atoms with Gasteiger partial charge in [-0.1, -0.05) is 30.3 Å². The zero-order valence-corrected chi connectivity index (χ0v) is 14.2. The van der Waals surface area contributed by atoms with Crippen molar-refractivity contribution in [2.24, 2.45) is 5.92 Å². The summed E-state index contributed by atoms with van der Waals surface area (Å²) in [6.07, 6.45) is 2.35. The Hall–Kier alpha value is -2.16. The summed E-state index contributed by atoms with van der Waals surface area (Å²) in [5.74, 6) is 0.556. The molecule has 1 aromatic heterocycles. The predicted octanol–water partition coefficient (Wildman–Crippen LogP) is 3.11. The van der Waals surface area contributed by atoms with Gasteiger partial charge in [0.1, 0.15) is 6.07 Å². The van der Waals surface area contributed by atoms with Gasteiger partial charge >= 0.3 is 0 Å². The van der Waals surface area contributed by atoms with Crippen molar-refractivity contribution in [3.63, 3.8) is 0 Å². The van der Waals surface area contributed by atoms with Crippen molar-refractivity contribution < 1.29 is 4.79 Å². The number of hydrogen-bond donors (Lipinski definition) is 1. The number of hydrogen-bond acceptors (Lipinski definition) is 4. The number of nitriles is 1. The Morgan fingerprint density at radius 3 is 2.62 bits per heavy atom. The van der Waals surface area contributed by atoms with E-state index in [-0.39, 0.29) is 11.9 Å². The van der Waals surface area contributed by atoms with Gasteiger partial charge in [0.25, 0.3) is 5.91 Å². The maximum atomic E-state index is 12.7. The molecular formula is C19H19N3OS. The molecule has 5 rings (SSSR count). The Labute approximate surface area is 145 Å². The molecule has 4 heterocycles. The fraction of sp³-hybridized carbons (Fsp3) is 0.368. The van der Waals surface area contributed by atoms with Crippen molar-refractivity contribution >= 4 is 17.2 Å². The van der Waals surface area contributed by atoms with Gasteiger partial charge in [0, 0.05) is 12.6 Å². The Balaban J connectivity index is 1.55. The number of carbonyl (C=O) groups is 1. The van der Waals surface area contributed by atoms with Gasteiger partial charge in [-0.3, -0.25) is 4.79 Å². The summed E-state index contributed by atoms with van der Waals surface area (Å²) in [5, 5.41) is 12.6. The lowest BCUT2D eigenvalue weighted by atomic mass is 9.84. The van der Waals surface area contributed by atoms with E-state index in [0.717, 1.165) is 30.1 Å². The third-order valence-corrected chi connectivity index (χ3v) is 6.27. The molecule has 122 valence electrons. The van der Waals surface area contributed by atoms with Crippen molar-refractivity contribution in [2.45, 2.75) is 18.9 Å². The van der Waals surface area contributed by atoms with E-state index in [1.807, 2.05) is 30.3 Å². The Kier molecular flexibility index (Phi) is 4.09. The van der Waals surface area contributed by atoms with Crippen LogP contribution in [0.2, 0.25) is 0 Å². The average molecular weight is 337 g/mol. The third-order valence-electron chi connectivity index (χ3n) is 5.08. The molecule has 3 saturated heterocycles. The van der Waals surface area contributed by atoms with Crippen molar-refractivity contribution in [3.05, 3.63) is 46.8 Å². The molecule has 1 amide bonds. The highest BCUT2D eigenvalue weighted by atomic mass is 32.1. The molecule has 1 N–H and O–H groups in total. The summed E-state index contributed by atoms with van der Waals surface area (Å²) < 4.78 is 0. The fourth-order valence-corrected chi connectivity index (χ4v) is 4.77. The zero-order valence-electron chi connectivity index (χ0n) is 13.4. The number of nitrogens with one attached hydrogen (secondary N) is 1. The second-order valence-electron chi connectivity index (χ2n) is 6.55. The number of nitrogens with zero attached hydrogens (tertiary/aromatic N) is 2. The molecule has 3 aliphatic heterocycles. The molecular weight excluding hydrogens is 318 g/mol. The quantitative estimate of drug-likeness (QED) is 0.936. The maximum Gasteiger partial charge on any atom is 0.261 e. The van der Waals surface area contributed by atoms with Crippen molar-refractivity contribution in [3.8, 4) is 16.5 Å². The van der Waals surface area contributed by atoms with Crippen LogP contribution < -0.4 is 5.32 Å². The molecule has 0 unspecified atom stereocenters. The largest absolute Gasteiger partial charge is 0.347 e. The number of carbonyl (C=O) groups excluding carboxylic acids is 1. The molecule has 5 heteroatoms. The summed E-state index contributed by atoms with van der Waals surface area (Å²) in [7, 11) is 0. The number of piperidine rings is 3. The van der Waals surface area contributed by atoms with Crippen LogP contribution in [0.15, 0.2) is 36.4 Å². The summed E-state index contributed by atoms with van der Waals surface area (Å²) >= 11 is 1.41. The van der Waals surface area contributed by atoms with Crippen molar-refractivity contribution in [1.82, 2.24) is 10.2 Å². The second kappa shape index (κ2) is 6.39. The number of fused-ring (bicyclic) bond motifs is 3. The molecule has 3 aliphatic rings. The zero-order chi connectivity index (χ0) is 16.5. The van der Waals surface area contributed by atoms with Gasteiger partial charge in [-0.25, -0.2) is 0 Å². The number of amides is 1. The van der Waals surface area contributed by atoms with Gasteiger partial charge in [0.05, 0.1) is 15.3 Å². The minimum Gasteiger partial charge on any atom is -0.347 e. The summed E-state index contributed by atoms with van der Waals surface area (Å²) in [4.78, 5) is 16.6. The molecule has 4 nitrogen and oxygen atoms in total. The highest BCUT2D eigenvalue weighted by Crippen LogP contribution is 2.33. The molecule has 0 spiro atoms. The van der Waals surface area contributed by atoms with Gasteiger partial charge in [0.15, 0.2) is 0 Å². The van der Waals surface area contributed by atoms with Gasteiger partial charge in [-0.2, -0.15) is 5.26 Å². The Bertz CT molecular complexity index is 785. The molecule has 3 fully saturated rings. The van der Waals surface area contributed by atoms with Crippen LogP contribution >= 0.6 is 11.3 Å². The van der Waals surface area contributed by atoms with Crippen LogP contribution in [0.4, 0.5) is 0 Å². The first-order valence-corrected chi connectivity index (χ1v) is 9.19. The summed E-state index contributed by atoms with van der Waals surface area (Å²) in [6, 6.07) is 14.0. The standard InChI is InChI=1S/C19H19N3OS/c20-11-15-10-17(24-18(15)14-4-2-1-3-5-14)19(23)21-16-12-22-8-6-13(16)7-9-22/h1-5,10,13,16H,6-9,12H2,(H,21,23)/t16-/m0/s1. The summed E-state index contributed by atoms with van der Waals surface area (Å²) in [5.41, 5.74) is 1.56.